The van der Waals surface area contributed by atoms with Gasteiger partial charge in [-0.05, 0) is 159 Å². The zero-order chi connectivity index (χ0) is 72.0. The number of carbonyl (C=O) groups is 10. The average Bonchev–Trinajstić information content (AvgIpc) is 0.886. The summed E-state index contributed by atoms with van der Waals surface area (Å²) in [4.78, 5) is 150. The van der Waals surface area contributed by atoms with Crippen LogP contribution in [0.15, 0.2) is 59.5 Å². The summed E-state index contributed by atoms with van der Waals surface area (Å²) in [6.45, 7) is 1.13. The zero-order valence-electron chi connectivity index (χ0n) is 57.3. The van der Waals surface area contributed by atoms with Crippen molar-refractivity contribution < 1.29 is 75.7 Å². The van der Waals surface area contributed by atoms with E-state index in [1.165, 1.54) is 60.5 Å². The van der Waals surface area contributed by atoms with Gasteiger partial charge in [0.25, 0.3) is 0 Å². The minimum absolute atomic E-state index is 0.0174. The summed E-state index contributed by atoms with van der Waals surface area (Å²) in [5, 5.41) is 20.8. The summed E-state index contributed by atoms with van der Waals surface area (Å²) in [5.41, 5.74) is 24.8. The van der Waals surface area contributed by atoms with Crippen molar-refractivity contribution in [3.8, 4) is 0 Å². The first-order valence-electron chi connectivity index (χ1n) is 33.1. The number of aliphatic carboxylic acids is 1. The molecule has 0 heterocycles. The number of nitrogens with zero attached hydrogens (tertiary/aromatic N) is 8. The van der Waals surface area contributed by atoms with Gasteiger partial charge in [-0.3, -0.25) is 43.2 Å². The predicted molar refractivity (Wildman–Crippen MR) is 368 cm³/mol. The first kappa shape index (κ1) is 86.2. The fourth-order valence-corrected chi connectivity index (χ4v) is 10.5. The fraction of sp³-hybridized carbons (Fsp3) is 0.656. The smallest absolute Gasteiger partial charge is 0.326 e. The highest BCUT2D eigenvalue weighted by Gasteiger charge is 2.32. The summed E-state index contributed by atoms with van der Waals surface area (Å²) in [7, 11) is -4.07. The molecule has 0 aliphatic heterocycles. The Morgan fingerprint density at radius 1 is 0.474 bits per heavy atom. The Morgan fingerprint density at radius 2 is 0.825 bits per heavy atom. The summed E-state index contributed by atoms with van der Waals surface area (Å²) in [6, 6.07) is 14.1. The summed E-state index contributed by atoms with van der Waals surface area (Å²) >= 11 is 1.41. The standard InChI is InChI=1S/C64H109N15O16S2/c1-5-93-48-77(45-59(84)74(35-17-13-30-67)41-57(82)72(33-15-11-28-65)40-55(80)71-54(64(89)90)27-38-96-4)62(87)44-75(36-18-14-31-68)58(83)42-76(37-26-52-21-23-53(24-22-52)97(69,91)92)60(85)46-78(49-94-6-2)63(88)47-79(50-95-7-3)61(86)43-73(34-16-12-29-66)56(81)39-70-32-25-51-19-9-8-10-20-51/h8-10,19-24,54,70H,5-7,11-18,25-50,65-68H2,1-4H3,(H,71,80)(H,89,90)(H2,69,91,92). The van der Waals surface area contributed by atoms with E-state index in [1.54, 1.807) is 27.0 Å². The minimum atomic E-state index is -4.07. The molecule has 0 aromatic heterocycles. The second-order valence-corrected chi connectivity index (χ2v) is 25.3. The number of hydrogen-bond donors (Lipinski definition) is 8. The molecule has 1 atom stereocenters. The largest absolute Gasteiger partial charge is 0.480 e. The van der Waals surface area contributed by atoms with Crippen LogP contribution in [-0.2, 0) is 85.0 Å². The molecule has 31 nitrogen and oxygen atoms in total. The summed E-state index contributed by atoms with van der Waals surface area (Å²) in [5.74, 6) is -6.79. The number of nitrogens with two attached hydrogens (primary N) is 5. The van der Waals surface area contributed by atoms with Crippen LogP contribution in [0.25, 0.3) is 0 Å². The third-order valence-electron chi connectivity index (χ3n) is 15.2. The molecule has 2 rings (SSSR count). The lowest BCUT2D eigenvalue weighted by Crippen LogP contribution is -2.53. The predicted octanol–water partition coefficient (Wildman–Crippen LogP) is -1.40. The van der Waals surface area contributed by atoms with Crippen LogP contribution < -0.4 is 38.7 Å². The van der Waals surface area contributed by atoms with Gasteiger partial charge < -0.3 is 92.1 Å². The molecule has 13 N–H and O–H groups in total. The maximum atomic E-state index is 14.9. The summed E-state index contributed by atoms with van der Waals surface area (Å²) < 4.78 is 41.3. The molecule has 2 aromatic rings. The Hall–Kier alpha value is -6.92. The molecule has 0 aliphatic rings. The van der Waals surface area contributed by atoms with E-state index in [4.69, 9.17) is 42.3 Å². The molecule has 1 unspecified atom stereocenters. The van der Waals surface area contributed by atoms with Crippen molar-refractivity contribution in [2.75, 3.05) is 176 Å². The van der Waals surface area contributed by atoms with E-state index in [9.17, 15) is 61.5 Å². The SMILES string of the molecule is CCOCN(CC(=O)N(CCCCN)CC(=O)N(CCCCN)CC(=O)NC(CCSC)C(=O)O)C(=O)CN(CCCCN)C(=O)CN(CCc1ccc(S(N)(=O)=O)cc1)C(=O)CN(COCC)C(=O)CN(COCC)C(=O)CN(CCCCN)C(=O)CNCCc1ccccc1. The molecule has 0 radical (unpaired) electrons. The van der Waals surface area contributed by atoms with Crippen molar-refractivity contribution in [2.45, 2.75) is 102 Å². The highest BCUT2D eigenvalue weighted by molar-refractivity contribution is 7.98. The highest BCUT2D eigenvalue weighted by atomic mass is 32.2. The molecule has 33 heteroatoms. The van der Waals surface area contributed by atoms with Crippen LogP contribution in [0, 0.1) is 0 Å². The molecule has 0 aliphatic carbocycles. The molecule has 548 valence electrons. The van der Waals surface area contributed by atoms with Crippen LogP contribution in [0.4, 0.5) is 0 Å². The lowest BCUT2D eigenvalue weighted by molar-refractivity contribution is -0.153. The van der Waals surface area contributed by atoms with E-state index in [2.05, 4.69) is 10.6 Å². The normalized spacial score (nSPS) is 11.5. The van der Waals surface area contributed by atoms with Gasteiger partial charge in [0, 0.05) is 52.5 Å². The molecule has 0 spiro atoms. The van der Waals surface area contributed by atoms with Crippen molar-refractivity contribution in [3.05, 3.63) is 65.7 Å². The number of nitrogens with one attached hydrogen (secondary N) is 2. The molecule has 0 saturated carbocycles. The van der Waals surface area contributed by atoms with Gasteiger partial charge in [-0.15, -0.1) is 0 Å². The number of unbranched alkanes of at least 4 members (excludes halogenated alkanes) is 4. The van der Waals surface area contributed by atoms with Gasteiger partial charge in [0.15, 0.2) is 0 Å². The van der Waals surface area contributed by atoms with Crippen LogP contribution >= 0.6 is 11.8 Å². The second-order valence-electron chi connectivity index (χ2n) is 22.8. The Bertz CT molecular complexity index is 2800. The van der Waals surface area contributed by atoms with Gasteiger partial charge in [0.2, 0.25) is 63.2 Å². The van der Waals surface area contributed by atoms with E-state index in [-0.39, 0.29) is 103 Å². The molecular weight excluding hydrogens is 1300 g/mol. The van der Waals surface area contributed by atoms with Gasteiger partial charge in [0.1, 0.15) is 45.9 Å². The third-order valence-corrected chi connectivity index (χ3v) is 16.8. The topological polar surface area (TPSA) is 433 Å². The van der Waals surface area contributed by atoms with Gasteiger partial charge in [0.05, 0.1) is 44.2 Å². The molecule has 97 heavy (non-hydrogen) atoms. The van der Waals surface area contributed by atoms with E-state index in [0.29, 0.717) is 88.7 Å². The second kappa shape index (κ2) is 50.4. The van der Waals surface area contributed by atoms with E-state index in [1.807, 2.05) is 30.3 Å². The quantitative estimate of drug-likeness (QED) is 0.0279. The number of carbonyl (C=O) groups excluding carboxylic acids is 9. The van der Waals surface area contributed by atoms with Crippen LogP contribution in [-0.4, -0.2) is 294 Å². The highest BCUT2D eigenvalue weighted by Crippen LogP contribution is 2.14. The number of carboxylic acids is 1. The number of amides is 9. The zero-order valence-corrected chi connectivity index (χ0v) is 58.9. The minimum Gasteiger partial charge on any atom is -0.480 e. The number of rotatable bonds is 55. The van der Waals surface area contributed by atoms with Crippen molar-refractivity contribution >= 4 is 80.9 Å². The number of benzene rings is 2. The molecular formula is C64H109N15O16S2. The summed E-state index contributed by atoms with van der Waals surface area (Å²) in [6.07, 6.45) is 6.17. The van der Waals surface area contributed by atoms with Crippen LogP contribution in [0.3, 0.4) is 0 Å². The van der Waals surface area contributed by atoms with Crippen molar-refractivity contribution in [1.82, 2.24) is 49.8 Å². The van der Waals surface area contributed by atoms with Crippen molar-refractivity contribution in [3.63, 3.8) is 0 Å². The van der Waals surface area contributed by atoms with Gasteiger partial charge in [-0.2, -0.15) is 11.8 Å². The first-order chi connectivity index (χ1) is 46.5. The van der Waals surface area contributed by atoms with Gasteiger partial charge in [-0.1, -0.05) is 42.5 Å². The monoisotopic (exact) mass is 1410 g/mol. The van der Waals surface area contributed by atoms with Crippen molar-refractivity contribution in [1.29, 1.82) is 0 Å². The number of thioether (sulfide) groups is 1. The van der Waals surface area contributed by atoms with Gasteiger partial charge in [-0.25, -0.2) is 18.4 Å². The fourth-order valence-electron chi connectivity index (χ4n) is 9.51. The Labute approximate surface area is 576 Å². The lowest BCUT2D eigenvalue weighted by atomic mass is 10.1. The number of ether oxygens (including phenoxy) is 3. The van der Waals surface area contributed by atoms with Crippen molar-refractivity contribution in [2.24, 2.45) is 28.1 Å². The van der Waals surface area contributed by atoms with E-state index in [0.717, 1.165) is 20.3 Å². The Morgan fingerprint density at radius 3 is 1.19 bits per heavy atom. The molecule has 9 amide bonds. The Balaban J connectivity index is 2.57. The molecule has 0 bridgehead atoms. The number of hydrogen-bond acceptors (Lipinski definition) is 21. The van der Waals surface area contributed by atoms with Gasteiger partial charge >= 0.3 is 5.97 Å². The average molecular weight is 1410 g/mol. The van der Waals surface area contributed by atoms with Crippen LogP contribution in [0.1, 0.15) is 89.7 Å². The van der Waals surface area contributed by atoms with E-state index < -0.39 is 135 Å². The van der Waals surface area contributed by atoms with Crippen LogP contribution in [0.2, 0.25) is 0 Å². The first-order valence-corrected chi connectivity index (χ1v) is 36.1. The maximum absolute atomic E-state index is 14.9. The lowest BCUT2D eigenvalue weighted by Gasteiger charge is -2.32. The number of sulfonamides is 1. The molecule has 2 aromatic carbocycles. The number of carboxylic acid groups (broad SMARTS) is 1. The third kappa shape index (κ3) is 35.9. The molecule has 0 saturated heterocycles. The maximum Gasteiger partial charge on any atom is 0.326 e. The number of primary sulfonamides is 1. The van der Waals surface area contributed by atoms with E-state index >= 15 is 0 Å². The van der Waals surface area contributed by atoms with Crippen LogP contribution in [0.5, 0.6) is 0 Å². The Kier molecular flexibility index (Phi) is 44.8. The molecule has 0 fully saturated rings.